The van der Waals surface area contributed by atoms with Crippen LogP contribution < -0.4 is 25.0 Å². The number of nitrogens with zero attached hydrogens (tertiary/aromatic N) is 1. The number of carbonyl (C=O) groups excluding carboxylic acids is 1. The number of benzene rings is 3. The summed E-state index contributed by atoms with van der Waals surface area (Å²) in [6.45, 7) is 3.41. The molecule has 1 aliphatic rings. The third-order valence-electron chi connectivity index (χ3n) is 7.21. The van der Waals surface area contributed by atoms with Crippen LogP contribution in [0.2, 0.25) is 0 Å². The minimum Gasteiger partial charge on any atom is -0.497 e. The Balaban J connectivity index is 1.56. The molecule has 1 saturated heterocycles. The van der Waals surface area contributed by atoms with Crippen molar-refractivity contribution in [3.05, 3.63) is 89.0 Å². The molecule has 3 aromatic rings. The zero-order valence-corrected chi connectivity index (χ0v) is 25.2. The molecule has 234 valence electrons. The number of hydrogen-bond acceptors (Lipinski definition) is 8. The fraction of sp³-hybridized carbons (Fsp3) is 0.387. The van der Waals surface area contributed by atoms with Crippen molar-refractivity contribution < 1.29 is 32.5 Å². The van der Waals surface area contributed by atoms with E-state index in [4.69, 9.17) is 4.74 Å². The van der Waals surface area contributed by atoms with E-state index in [0.29, 0.717) is 43.2 Å². The van der Waals surface area contributed by atoms with Crippen molar-refractivity contribution in [2.45, 2.75) is 44.9 Å². The Bertz CT molecular complexity index is 1380. The SMILES string of the molecule is CCNc1cc(C(=O)N[C@@H](Cc2cc(F)cc(F)c2)[C@@H](O)CNCc2cccc(OC)c2)cc(N2CCCCS2(O)O)c1. The summed E-state index contributed by atoms with van der Waals surface area (Å²) in [6.07, 6.45) is 0.329. The van der Waals surface area contributed by atoms with Crippen molar-refractivity contribution in [1.82, 2.24) is 10.6 Å². The van der Waals surface area contributed by atoms with E-state index in [1.807, 2.05) is 31.2 Å². The van der Waals surface area contributed by atoms with E-state index in [0.717, 1.165) is 18.1 Å². The van der Waals surface area contributed by atoms with Gasteiger partial charge in [0.15, 0.2) is 0 Å². The molecule has 0 unspecified atom stereocenters. The van der Waals surface area contributed by atoms with Crippen LogP contribution in [0.25, 0.3) is 0 Å². The van der Waals surface area contributed by atoms with Crippen molar-refractivity contribution in [1.29, 1.82) is 0 Å². The Kier molecular flexibility index (Phi) is 11.2. The standard InChI is InChI=1S/C31H40F2N4O5S/c1-3-35-26-15-23(16-27(18-26)37-9-4-5-10-43(37,40)41)31(39)36-29(14-22-11-24(32)17-25(33)12-22)30(38)20-34-19-21-7-6-8-28(13-21)42-2/h6-8,11-13,15-18,29-30,34-35,38,40-41H,3-5,9-10,14,19-20H2,1-2H3,(H,36,39)/t29-,30-/m0/s1. The van der Waals surface area contributed by atoms with Crippen LogP contribution >= 0.6 is 10.8 Å². The average molecular weight is 619 g/mol. The van der Waals surface area contributed by atoms with E-state index < -0.39 is 40.5 Å². The van der Waals surface area contributed by atoms with Gasteiger partial charge in [0.2, 0.25) is 0 Å². The number of rotatable bonds is 13. The summed E-state index contributed by atoms with van der Waals surface area (Å²) in [5.41, 5.74) is 2.55. The summed E-state index contributed by atoms with van der Waals surface area (Å²) in [7, 11) is -1.45. The number of amides is 1. The van der Waals surface area contributed by atoms with Gasteiger partial charge in [0.25, 0.3) is 5.91 Å². The number of aliphatic hydroxyl groups is 1. The van der Waals surface area contributed by atoms with Gasteiger partial charge in [0.1, 0.15) is 17.4 Å². The highest BCUT2D eigenvalue weighted by atomic mass is 32.3. The molecule has 1 fully saturated rings. The second kappa shape index (κ2) is 14.8. The molecule has 4 rings (SSSR count). The summed E-state index contributed by atoms with van der Waals surface area (Å²) in [6, 6.07) is 14.6. The van der Waals surface area contributed by atoms with E-state index in [-0.39, 0.29) is 29.8 Å². The molecule has 0 aliphatic carbocycles. The summed E-state index contributed by atoms with van der Waals surface area (Å²) < 4.78 is 56.2. The molecule has 0 saturated carbocycles. The van der Waals surface area contributed by atoms with Gasteiger partial charge in [-0.1, -0.05) is 12.1 Å². The van der Waals surface area contributed by atoms with Crippen LogP contribution in [-0.4, -0.2) is 64.8 Å². The summed E-state index contributed by atoms with van der Waals surface area (Å²) in [4.78, 5) is 13.6. The van der Waals surface area contributed by atoms with Gasteiger partial charge in [0, 0.05) is 43.5 Å². The number of ether oxygens (including phenoxy) is 1. The van der Waals surface area contributed by atoms with Crippen LogP contribution in [0, 0.1) is 11.6 Å². The third kappa shape index (κ3) is 9.04. The Morgan fingerprint density at radius 3 is 2.51 bits per heavy atom. The maximum Gasteiger partial charge on any atom is 0.251 e. The maximum atomic E-state index is 14.0. The van der Waals surface area contributed by atoms with Crippen molar-refractivity contribution in [3.63, 3.8) is 0 Å². The lowest BCUT2D eigenvalue weighted by molar-refractivity contribution is 0.0830. The maximum absolute atomic E-state index is 14.0. The highest BCUT2D eigenvalue weighted by Crippen LogP contribution is 2.50. The van der Waals surface area contributed by atoms with Crippen LogP contribution in [0.15, 0.2) is 60.7 Å². The van der Waals surface area contributed by atoms with Gasteiger partial charge >= 0.3 is 0 Å². The van der Waals surface area contributed by atoms with E-state index >= 15 is 0 Å². The largest absolute Gasteiger partial charge is 0.497 e. The number of anilines is 2. The van der Waals surface area contributed by atoms with Crippen LogP contribution in [0.1, 0.15) is 41.3 Å². The fourth-order valence-electron chi connectivity index (χ4n) is 5.10. The fourth-order valence-corrected chi connectivity index (χ4v) is 6.78. The van der Waals surface area contributed by atoms with Crippen molar-refractivity contribution in [2.24, 2.45) is 0 Å². The van der Waals surface area contributed by atoms with Crippen molar-refractivity contribution in [3.8, 4) is 5.75 Å². The van der Waals surface area contributed by atoms with Crippen molar-refractivity contribution >= 4 is 28.1 Å². The van der Waals surface area contributed by atoms with Gasteiger partial charge in [-0.05, 0) is 79.8 Å². The first-order valence-corrected chi connectivity index (χ1v) is 16.0. The van der Waals surface area contributed by atoms with Crippen LogP contribution in [0.3, 0.4) is 0 Å². The summed E-state index contributed by atoms with van der Waals surface area (Å²) in [5.74, 6) is -1.09. The Morgan fingerprint density at radius 1 is 1.05 bits per heavy atom. The summed E-state index contributed by atoms with van der Waals surface area (Å²) >= 11 is 0. The van der Waals surface area contributed by atoms with Gasteiger partial charge in [-0.2, -0.15) is 0 Å². The number of methoxy groups -OCH3 is 1. The quantitative estimate of drug-likeness (QED) is 0.155. The van der Waals surface area contributed by atoms with Gasteiger partial charge in [-0.3, -0.25) is 18.2 Å². The summed E-state index contributed by atoms with van der Waals surface area (Å²) in [5, 5.41) is 20.4. The minimum atomic E-state index is -3.03. The first kappa shape index (κ1) is 32.5. The highest BCUT2D eigenvalue weighted by molar-refractivity contribution is 8.25. The molecule has 2 atom stereocenters. The van der Waals surface area contributed by atoms with Gasteiger partial charge < -0.3 is 25.8 Å². The lowest BCUT2D eigenvalue weighted by atomic mass is 9.99. The minimum absolute atomic E-state index is 0.0329. The molecular formula is C31H40F2N4O5S. The normalized spacial score (nSPS) is 16.7. The van der Waals surface area contributed by atoms with Gasteiger partial charge in [-0.25, -0.2) is 8.78 Å². The molecule has 0 bridgehead atoms. The lowest BCUT2D eigenvalue weighted by Crippen LogP contribution is -2.48. The van der Waals surface area contributed by atoms with Crippen molar-refractivity contribution in [2.75, 3.05) is 42.1 Å². The molecular weight excluding hydrogens is 578 g/mol. The van der Waals surface area contributed by atoms with E-state index in [1.54, 1.807) is 29.6 Å². The van der Waals surface area contributed by atoms with Gasteiger partial charge in [-0.15, -0.1) is 10.8 Å². The molecule has 1 heterocycles. The second-order valence-corrected chi connectivity index (χ2v) is 12.7. The number of nitrogens with one attached hydrogen (secondary N) is 3. The number of aliphatic hydroxyl groups excluding tert-OH is 1. The molecule has 9 nitrogen and oxygen atoms in total. The Morgan fingerprint density at radius 2 is 1.81 bits per heavy atom. The zero-order chi connectivity index (χ0) is 31.0. The van der Waals surface area contributed by atoms with E-state index in [9.17, 15) is 27.8 Å². The Labute approximate surface area is 252 Å². The van der Waals surface area contributed by atoms with Crippen LogP contribution in [-0.2, 0) is 13.0 Å². The average Bonchev–Trinajstić information content (AvgIpc) is 2.96. The monoisotopic (exact) mass is 618 g/mol. The lowest BCUT2D eigenvalue weighted by Gasteiger charge is -2.47. The molecule has 6 N–H and O–H groups in total. The third-order valence-corrected chi connectivity index (χ3v) is 9.14. The van der Waals surface area contributed by atoms with Crippen LogP contribution in [0.4, 0.5) is 20.2 Å². The molecule has 1 aliphatic heterocycles. The molecule has 3 aromatic carbocycles. The highest BCUT2D eigenvalue weighted by Gasteiger charge is 2.29. The van der Waals surface area contributed by atoms with Crippen LogP contribution in [0.5, 0.6) is 5.75 Å². The van der Waals surface area contributed by atoms with E-state index in [2.05, 4.69) is 16.0 Å². The molecule has 0 aromatic heterocycles. The van der Waals surface area contributed by atoms with Gasteiger partial charge in [0.05, 0.1) is 30.7 Å². The molecule has 12 heteroatoms. The number of carbonyl (C=O) groups is 1. The smallest absolute Gasteiger partial charge is 0.251 e. The first-order chi connectivity index (χ1) is 20.6. The number of hydrogen-bond donors (Lipinski definition) is 6. The molecule has 1 amide bonds. The second-order valence-electron chi connectivity index (χ2n) is 10.6. The van der Waals surface area contributed by atoms with E-state index in [1.165, 1.54) is 12.1 Å². The molecule has 0 spiro atoms. The Hall–Kier alpha value is -3.42. The molecule has 43 heavy (non-hydrogen) atoms. The predicted molar refractivity (Wildman–Crippen MR) is 167 cm³/mol. The topological polar surface area (TPSA) is 126 Å². The molecule has 0 radical (unpaired) electrons. The zero-order valence-electron chi connectivity index (χ0n) is 24.4. The number of halogens is 2. The first-order valence-electron chi connectivity index (χ1n) is 14.3. The predicted octanol–water partition coefficient (Wildman–Crippen LogP) is 5.16.